The molecule has 0 amide bonds. The van der Waals surface area contributed by atoms with Crippen molar-refractivity contribution in [2.24, 2.45) is 41.4 Å². The van der Waals surface area contributed by atoms with Crippen LogP contribution in [0.4, 0.5) is 8.78 Å². The van der Waals surface area contributed by atoms with E-state index in [4.69, 9.17) is 4.74 Å². The number of ether oxygens (including phenoxy) is 1. The maximum atomic E-state index is 15.1. The minimum absolute atomic E-state index is 0.0155. The molecule has 0 saturated heterocycles. The van der Waals surface area contributed by atoms with Crippen LogP contribution < -0.4 is 0 Å². The highest BCUT2D eigenvalue weighted by molar-refractivity contribution is 4.90. The van der Waals surface area contributed by atoms with Crippen LogP contribution >= 0.6 is 0 Å². The first-order valence-electron chi connectivity index (χ1n) is 10.8. The van der Waals surface area contributed by atoms with Crippen LogP contribution in [0.15, 0.2) is 12.2 Å². The molecule has 2 fully saturated rings. The van der Waals surface area contributed by atoms with Gasteiger partial charge in [0.15, 0.2) is 0 Å². The maximum Gasteiger partial charge on any atom is 0.359 e. The third-order valence-electron chi connectivity index (χ3n) is 7.39. The molecule has 0 spiro atoms. The molecule has 0 aromatic carbocycles. The molecular weight excluding hydrogens is 330 g/mol. The van der Waals surface area contributed by atoms with Crippen molar-refractivity contribution < 1.29 is 13.5 Å². The molecule has 0 radical (unpaired) electrons. The Labute approximate surface area is 160 Å². The molecule has 3 heteroatoms. The highest BCUT2D eigenvalue weighted by Gasteiger charge is 2.51. The lowest BCUT2D eigenvalue weighted by molar-refractivity contribution is -0.320. The van der Waals surface area contributed by atoms with Crippen LogP contribution in [0.3, 0.4) is 0 Å². The topological polar surface area (TPSA) is 9.23 Å². The molecule has 1 nitrogen and oxygen atoms in total. The second-order valence-electron chi connectivity index (χ2n) is 9.55. The molecule has 2 rings (SSSR count). The summed E-state index contributed by atoms with van der Waals surface area (Å²) in [7, 11) is 0. The zero-order valence-corrected chi connectivity index (χ0v) is 17.7. The van der Waals surface area contributed by atoms with Crippen molar-refractivity contribution >= 4 is 0 Å². The lowest BCUT2D eigenvalue weighted by atomic mass is 9.67. The van der Waals surface area contributed by atoms with Crippen LogP contribution in [-0.4, -0.2) is 12.2 Å². The molecule has 4 atom stereocenters. The molecular formula is C23H40F2O. The zero-order chi connectivity index (χ0) is 19.5. The van der Waals surface area contributed by atoms with Gasteiger partial charge in [-0.05, 0) is 81.0 Å². The third-order valence-corrected chi connectivity index (χ3v) is 7.39. The molecule has 2 aliphatic carbocycles. The van der Waals surface area contributed by atoms with Crippen molar-refractivity contribution in [2.75, 3.05) is 0 Å². The molecule has 2 aliphatic rings. The summed E-state index contributed by atoms with van der Waals surface area (Å²) in [5, 5.41) is 0. The summed E-state index contributed by atoms with van der Waals surface area (Å²) in [4.78, 5) is 0. The summed E-state index contributed by atoms with van der Waals surface area (Å²) in [6.45, 7) is 12.6. The van der Waals surface area contributed by atoms with Gasteiger partial charge in [-0.25, -0.2) is 0 Å². The zero-order valence-electron chi connectivity index (χ0n) is 17.7. The van der Waals surface area contributed by atoms with Crippen LogP contribution in [0.5, 0.6) is 0 Å². The quantitative estimate of drug-likeness (QED) is 0.445. The standard InChI is InChI=1S/C23H40F2O/c1-7-8-9-10-20-11-17(4)22(18(5)12-20)23(24,25)26-21-13-15(2)19(6)16(3)14-21/h7-8,15-22H,9-14H2,1-6H3/b8-7+. The first-order valence-corrected chi connectivity index (χ1v) is 10.8. The van der Waals surface area contributed by atoms with Crippen LogP contribution in [0, 0.1) is 41.4 Å². The monoisotopic (exact) mass is 370 g/mol. The molecule has 152 valence electrons. The minimum Gasteiger partial charge on any atom is -0.317 e. The number of hydrogen-bond donors (Lipinski definition) is 0. The average Bonchev–Trinajstić information content (AvgIpc) is 2.51. The molecule has 0 heterocycles. The Morgan fingerprint density at radius 3 is 1.92 bits per heavy atom. The third kappa shape index (κ3) is 5.30. The highest BCUT2D eigenvalue weighted by atomic mass is 19.3. The molecule has 0 aromatic heterocycles. The van der Waals surface area contributed by atoms with E-state index >= 15 is 8.78 Å². The van der Waals surface area contributed by atoms with Crippen molar-refractivity contribution in [2.45, 2.75) is 92.3 Å². The Morgan fingerprint density at radius 2 is 1.42 bits per heavy atom. The Morgan fingerprint density at radius 1 is 0.885 bits per heavy atom. The van der Waals surface area contributed by atoms with Crippen LogP contribution in [0.25, 0.3) is 0 Å². The van der Waals surface area contributed by atoms with Gasteiger partial charge in [0, 0.05) is 0 Å². The fraction of sp³-hybridized carbons (Fsp3) is 0.913. The van der Waals surface area contributed by atoms with Gasteiger partial charge in [0.05, 0.1) is 12.0 Å². The lowest BCUT2D eigenvalue weighted by Gasteiger charge is -2.45. The first-order chi connectivity index (χ1) is 12.2. The van der Waals surface area contributed by atoms with Gasteiger partial charge in [0.25, 0.3) is 0 Å². The Hall–Kier alpha value is -0.440. The molecule has 0 aromatic rings. The first kappa shape index (κ1) is 21.9. The highest BCUT2D eigenvalue weighted by Crippen LogP contribution is 2.49. The SMILES string of the molecule is C/C=C/CCC1CC(C)C(C(F)(F)OC2CC(C)C(C)C(C)C2)C(C)C1. The predicted octanol–water partition coefficient (Wildman–Crippen LogP) is 7.32. The predicted molar refractivity (Wildman–Crippen MR) is 105 cm³/mol. The second kappa shape index (κ2) is 9.17. The molecule has 0 N–H and O–H groups in total. The van der Waals surface area contributed by atoms with Crippen molar-refractivity contribution in [3.63, 3.8) is 0 Å². The number of alkyl halides is 2. The van der Waals surface area contributed by atoms with Crippen molar-refractivity contribution in [3.05, 3.63) is 12.2 Å². The van der Waals surface area contributed by atoms with Crippen LogP contribution in [-0.2, 0) is 4.74 Å². The van der Waals surface area contributed by atoms with Gasteiger partial charge in [-0.3, -0.25) is 0 Å². The number of rotatable bonds is 6. The molecule has 26 heavy (non-hydrogen) atoms. The van der Waals surface area contributed by atoms with E-state index in [2.05, 4.69) is 32.9 Å². The average molecular weight is 371 g/mol. The van der Waals surface area contributed by atoms with E-state index in [1.165, 1.54) is 0 Å². The van der Waals surface area contributed by atoms with Crippen molar-refractivity contribution in [1.29, 1.82) is 0 Å². The van der Waals surface area contributed by atoms with Crippen LogP contribution in [0.1, 0.15) is 80.1 Å². The van der Waals surface area contributed by atoms with E-state index in [-0.39, 0.29) is 17.9 Å². The van der Waals surface area contributed by atoms with Gasteiger partial charge in [0.1, 0.15) is 0 Å². The minimum atomic E-state index is -3.00. The van der Waals surface area contributed by atoms with Crippen molar-refractivity contribution in [3.8, 4) is 0 Å². The normalized spacial score (nSPS) is 42.3. The number of halogens is 2. The summed E-state index contributed by atoms with van der Waals surface area (Å²) < 4.78 is 35.8. The van der Waals surface area contributed by atoms with Gasteiger partial charge in [-0.2, -0.15) is 8.78 Å². The summed E-state index contributed by atoms with van der Waals surface area (Å²) in [6, 6.07) is 0. The number of hydrogen-bond acceptors (Lipinski definition) is 1. The van der Waals surface area contributed by atoms with E-state index in [0.29, 0.717) is 23.7 Å². The smallest absolute Gasteiger partial charge is 0.317 e. The lowest BCUT2D eigenvalue weighted by Crippen LogP contribution is -2.47. The summed E-state index contributed by atoms with van der Waals surface area (Å²) in [6.07, 6.45) is 6.49. The molecule has 4 unspecified atom stereocenters. The van der Waals surface area contributed by atoms with Gasteiger partial charge in [-0.1, -0.05) is 46.8 Å². The van der Waals surface area contributed by atoms with Gasteiger partial charge < -0.3 is 4.74 Å². The molecule has 0 aliphatic heterocycles. The fourth-order valence-electron chi connectivity index (χ4n) is 5.71. The van der Waals surface area contributed by atoms with Gasteiger partial charge >= 0.3 is 6.11 Å². The number of allylic oxidation sites excluding steroid dienone is 2. The second-order valence-corrected chi connectivity index (χ2v) is 9.55. The van der Waals surface area contributed by atoms with E-state index in [0.717, 1.165) is 38.5 Å². The molecule has 2 saturated carbocycles. The Kier molecular flexibility index (Phi) is 7.71. The van der Waals surface area contributed by atoms with Crippen LogP contribution in [0.2, 0.25) is 0 Å². The van der Waals surface area contributed by atoms with E-state index in [1.54, 1.807) is 0 Å². The van der Waals surface area contributed by atoms with E-state index < -0.39 is 12.0 Å². The van der Waals surface area contributed by atoms with E-state index in [9.17, 15) is 0 Å². The summed E-state index contributed by atoms with van der Waals surface area (Å²) in [5.41, 5.74) is 0. The Balaban J connectivity index is 1.97. The summed E-state index contributed by atoms with van der Waals surface area (Å²) >= 11 is 0. The summed E-state index contributed by atoms with van der Waals surface area (Å²) in [5.74, 6) is 1.45. The van der Waals surface area contributed by atoms with Gasteiger partial charge in [0.2, 0.25) is 0 Å². The Bertz CT molecular complexity index is 437. The van der Waals surface area contributed by atoms with Crippen molar-refractivity contribution in [1.82, 2.24) is 0 Å². The van der Waals surface area contributed by atoms with E-state index in [1.807, 2.05) is 20.8 Å². The molecule has 0 bridgehead atoms. The maximum absolute atomic E-state index is 15.1. The van der Waals surface area contributed by atoms with Gasteiger partial charge in [-0.15, -0.1) is 0 Å². The largest absolute Gasteiger partial charge is 0.359 e. The fourth-order valence-corrected chi connectivity index (χ4v) is 5.71.